The molecule has 1 atom stereocenters. The summed E-state index contributed by atoms with van der Waals surface area (Å²) in [7, 11) is 0. The van der Waals surface area contributed by atoms with Gasteiger partial charge in [0.05, 0.1) is 24.0 Å². The van der Waals surface area contributed by atoms with Crippen LogP contribution in [0, 0.1) is 0 Å². The van der Waals surface area contributed by atoms with Gasteiger partial charge in [-0.05, 0) is 19.3 Å². The number of nitrogens with zero attached hydrogens (tertiary/aromatic N) is 1. The number of unbranched alkanes of at least 4 members (excludes halogenated alkanes) is 1. The Bertz CT molecular complexity index is 519. The van der Waals surface area contributed by atoms with Crippen molar-refractivity contribution < 1.29 is 29.7 Å². The fraction of sp³-hybridized carbons (Fsp3) is 0.538. The van der Waals surface area contributed by atoms with Crippen LogP contribution in [-0.2, 0) is 20.8 Å². The van der Waals surface area contributed by atoms with Crippen LogP contribution in [0.25, 0.3) is 0 Å². The first-order valence-corrected chi connectivity index (χ1v) is 7.59. The molecule has 1 aromatic heterocycles. The third kappa shape index (κ3) is 6.19. The molecule has 0 saturated heterocycles. The molecule has 0 aromatic carbocycles. The Morgan fingerprint density at radius 1 is 1.23 bits per heavy atom. The second kappa shape index (κ2) is 8.44. The van der Waals surface area contributed by atoms with Crippen molar-refractivity contribution in [3.05, 3.63) is 16.6 Å². The third-order valence-corrected chi connectivity index (χ3v) is 3.60. The largest absolute Gasteiger partial charge is 0.481 e. The molecule has 0 aliphatic heterocycles. The molecular weight excluding hydrogens is 312 g/mol. The normalized spacial score (nSPS) is 13.3. The standard InChI is InChI=1S/C13H18N2O6S/c16-10(5-13(21,12(19)20)6-11(17)18)14-4-2-1-3-9-7-22-8-15-9/h7-8,21H,1-6H2,(H,14,16)(H,17,18)(H,19,20). The lowest BCUT2D eigenvalue weighted by atomic mass is 9.95. The number of aliphatic carboxylic acids is 2. The minimum Gasteiger partial charge on any atom is -0.481 e. The maximum atomic E-state index is 11.6. The first-order chi connectivity index (χ1) is 10.3. The average molecular weight is 330 g/mol. The van der Waals surface area contributed by atoms with Gasteiger partial charge in [-0.2, -0.15) is 0 Å². The monoisotopic (exact) mass is 330 g/mol. The van der Waals surface area contributed by atoms with Crippen molar-refractivity contribution in [2.75, 3.05) is 6.54 Å². The van der Waals surface area contributed by atoms with Crippen molar-refractivity contribution in [1.29, 1.82) is 0 Å². The van der Waals surface area contributed by atoms with Crippen molar-refractivity contribution in [3.63, 3.8) is 0 Å². The maximum Gasteiger partial charge on any atom is 0.336 e. The van der Waals surface area contributed by atoms with Gasteiger partial charge >= 0.3 is 11.9 Å². The highest BCUT2D eigenvalue weighted by molar-refractivity contribution is 7.07. The van der Waals surface area contributed by atoms with Gasteiger partial charge in [-0.1, -0.05) is 0 Å². The number of hydrogen-bond donors (Lipinski definition) is 4. The topological polar surface area (TPSA) is 137 Å². The minimum absolute atomic E-state index is 0.325. The number of carboxylic acids is 2. The number of carbonyl (C=O) groups excluding carboxylic acids is 1. The van der Waals surface area contributed by atoms with Crippen molar-refractivity contribution >= 4 is 29.2 Å². The second-order valence-corrected chi connectivity index (χ2v) is 5.59. The molecular formula is C13H18N2O6S. The van der Waals surface area contributed by atoms with Gasteiger partial charge in [0, 0.05) is 11.9 Å². The molecule has 0 fully saturated rings. The van der Waals surface area contributed by atoms with Gasteiger partial charge in [-0.25, -0.2) is 9.78 Å². The smallest absolute Gasteiger partial charge is 0.336 e. The van der Waals surface area contributed by atoms with Gasteiger partial charge in [-0.15, -0.1) is 11.3 Å². The molecule has 22 heavy (non-hydrogen) atoms. The molecule has 0 spiro atoms. The number of carbonyl (C=O) groups is 3. The Morgan fingerprint density at radius 3 is 2.50 bits per heavy atom. The van der Waals surface area contributed by atoms with Gasteiger partial charge in [0.1, 0.15) is 0 Å². The molecule has 1 aromatic rings. The summed E-state index contributed by atoms with van der Waals surface area (Å²) in [6, 6.07) is 0. The predicted octanol–water partition coefficient (Wildman–Crippen LogP) is 0.262. The lowest BCUT2D eigenvalue weighted by Gasteiger charge is -2.20. The van der Waals surface area contributed by atoms with Gasteiger partial charge in [0.2, 0.25) is 5.91 Å². The number of aromatic nitrogens is 1. The van der Waals surface area contributed by atoms with Crippen molar-refractivity contribution in [1.82, 2.24) is 10.3 Å². The fourth-order valence-electron chi connectivity index (χ4n) is 1.81. The van der Waals surface area contributed by atoms with Crippen LogP contribution >= 0.6 is 11.3 Å². The van der Waals surface area contributed by atoms with E-state index in [2.05, 4.69) is 10.3 Å². The molecule has 0 radical (unpaired) electrons. The zero-order valence-electron chi connectivity index (χ0n) is 11.8. The molecule has 0 saturated carbocycles. The summed E-state index contributed by atoms with van der Waals surface area (Å²) in [6.45, 7) is 0.325. The molecule has 4 N–H and O–H groups in total. The number of amides is 1. The number of carboxylic acid groups (broad SMARTS) is 2. The number of nitrogens with one attached hydrogen (secondary N) is 1. The van der Waals surface area contributed by atoms with Crippen LogP contribution in [0.5, 0.6) is 0 Å². The average Bonchev–Trinajstić information content (AvgIpc) is 2.90. The zero-order chi connectivity index (χ0) is 16.6. The minimum atomic E-state index is -2.59. The number of thiazole rings is 1. The van der Waals surface area contributed by atoms with E-state index in [9.17, 15) is 19.5 Å². The maximum absolute atomic E-state index is 11.6. The summed E-state index contributed by atoms with van der Waals surface area (Å²) in [5.74, 6) is -3.91. The van der Waals surface area contributed by atoms with Crippen LogP contribution in [0.15, 0.2) is 10.9 Å². The van der Waals surface area contributed by atoms with Gasteiger partial charge in [0.15, 0.2) is 5.60 Å². The first kappa shape index (κ1) is 18.1. The Hall–Kier alpha value is -2.00. The van der Waals surface area contributed by atoms with Crippen molar-refractivity contribution in [2.45, 2.75) is 37.7 Å². The van der Waals surface area contributed by atoms with Crippen LogP contribution in [0.4, 0.5) is 0 Å². The van der Waals surface area contributed by atoms with Crippen LogP contribution in [0.3, 0.4) is 0 Å². The molecule has 1 amide bonds. The zero-order valence-corrected chi connectivity index (χ0v) is 12.6. The van der Waals surface area contributed by atoms with Crippen molar-refractivity contribution in [2.24, 2.45) is 0 Å². The molecule has 0 bridgehead atoms. The SMILES string of the molecule is O=C(O)CC(O)(CC(=O)NCCCCc1cscn1)C(=O)O. The summed E-state index contributed by atoms with van der Waals surface area (Å²) in [5, 5.41) is 31.6. The van der Waals surface area contributed by atoms with E-state index < -0.39 is 36.3 Å². The highest BCUT2D eigenvalue weighted by atomic mass is 32.1. The third-order valence-electron chi connectivity index (χ3n) is 2.96. The van der Waals surface area contributed by atoms with E-state index in [-0.39, 0.29) is 0 Å². The summed E-state index contributed by atoms with van der Waals surface area (Å²) in [4.78, 5) is 37.2. The molecule has 9 heteroatoms. The Balaban J connectivity index is 2.28. The highest BCUT2D eigenvalue weighted by Crippen LogP contribution is 2.16. The van der Waals surface area contributed by atoms with Crippen molar-refractivity contribution in [3.8, 4) is 0 Å². The number of rotatable bonds is 10. The van der Waals surface area contributed by atoms with E-state index in [1.54, 1.807) is 5.51 Å². The Labute approximate surface area is 130 Å². The van der Waals surface area contributed by atoms with E-state index in [4.69, 9.17) is 10.2 Å². The quantitative estimate of drug-likeness (QED) is 0.452. The lowest BCUT2D eigenvalue weighted by molar-refractivity contribution is -0.167. The van der Waals surface area contributed by atoms with E-state index in [0.717, 1.165) is 18.5 Å². The molecule has 1 heterocycles. The lowest BCUT2D eigenvalue weighted by Crippen LogP contribution is -2.45. The van der Waals surface area contributed by atoms with Gasteiger partial charge in [-0.3, -0.25) is 9.59 Å². The number of aryl methyl sites for hydroxylation is 1. The fourth-order valence-corrected chi connectivity index (χ4v) is 2.40. The highest BCUT2D eigenvalue weighted by Gasteiger charge is 2.40. The molecule has 8 nitrogen and oxygen atoms in total. The van der Waals surface area contributed by atoms with Crippen LogP contribution in [0.2, 0.25) is 0 Å². The van der Waals surface area contributed by atoms with E-state index >= 15 is 0 Å². The molecule has 1 rings (SSSR count). The Morgan fingerprint density at radius 2 is 1.95 bits per heavy atom. The van der Waals surface area contributed by atoms with E-state index in [1.165, 1.54) is 11.3 Å². The molecule has 0 aliphatic carbocycles. The van der Waals surface area contributed by atoms with Gasteiger partial charge < -0.3 is 20.6 Å². The van der Waals surface area contributed by atoms with Gasteiger partial charge in [0.25, 0.3) is 0 Å². The summed E-state index contributed by atoms with van der Waals surface area (Å²) >= 11 is 1.51. The first-order valence-electron chi connectivity index (χ1n) is 6.65. The summed E-state index contributed by atoms with van der Waals surface area (Å²) in [5.41, 5.74) is 0.140. The molecule has 122 valence electrons. The number of aliphatic hydroxyl groups is 1. The van der Waals surface area contributed by atoms with Crippen LogP contribution in [0.1, 0.15) is 31.4 Å². The van der Waals surface area contributed by atoms with E-state index in [1.807, 2.05) is 5.38 Å². The summed E-state index contributed by atoms with van der Waals surface area (Å²) in [6.07, 6.45) is 0.452. The van der Waals surface area contributed by atoms with Crippen LogP contribution < -0.4 is 5.32 Å². The Kier molecular flexibility index (Phi) is 6.93. The van der Waals surface area contributed by atoms with E-state index in [0.29, 0.717) is 13.0 Å². The summed E-state index contributed by atoms with van der Waals surface area (Å²) < 4.78 is 0. The molecule has 1 unspecified atom stereocenters. The predicted molar refractivity (Wildman–Crippen MR) is 77.5 cm³/mol. The molecule has 0 aliphatic rings. The number of hydrogen-bond acceptors (Lipinski definition) is 6. The second-order valence-electron chi connectivity index (χ2n) is 4.87. The van der Waals surface area contributed by atoms with Crippen LogP contribution in [-0.4, -0.2) is 50.3 Å².